The van der Waals surface area contributed by atoms with Crippen LogP contribution in [0.1, 0.15) is 33.4 Å². The van der Waals surface area contributed by atoms with Gasteiger partial charge in [-0.2, -0.15) is 0 Å². The van der Waals surface area contributed by atoms with Gasteiger partial charge in [0.15, 0.2) is 0 Å². The highest BCUT2D eigenvalue weighted by molar-refractivity contribution is 6.97. The van der Waals surface area contributed by atoms with Crippen LogP contribution in [0.5, 0.6) is 0 Å². The molecule has 12 aromatic carbocycles. The van der Waals surface area contributed by atoms with Crippen LogP contribution in [0.2, 0.25) is 0 Å². The second-order valence-electron chi connectivity index (χ2n) is 23.9. The van der Waals surface area contributed by atoms with E-state index in [0.29, 0.717) is 0 Å². The number of hydrogen-bond donors (Lipinski definition) is 0. The van der Waals surface area contributed by atoms with Crippen molar-refractivity contribution in [3.05, 3.63) is 252 Å². The van der Waals surface area contributed by atoms with Gasteiger partial charge in [-0.05, 0) is 133 Å². The molecule has 402 valence electrons. The van der Waals surface area contributed by atoms with Crippen LogP contribution in [0.3, 0.4) is 0 Å². The van der Waals surface area contributed by atoms with Gasteiger partial charge in [0.2, 0.25) is 6.71 Å². The number of nitrogens with zero attached hydrogens (tertiary/aromatic N) is 3. The minimum Gasteiger partial charge on any atom is -0.456 e. The Morgan fingerprint density at radius 2 is 0.471 bits per heavy atom. The lowest BCUT2D eigenvalue weighted by atomic mass is 9.33. The largest absolute Gasteiger partial charge is 0.456 e. The molecular formula is C78H54BN3O3. The summed E-state index contributed by atoms with van der Waals surface area (Å²) in [6.45, 7) is 13.9. The maximum absolute atomic E-state index is 6.57. The highest BCUT2D eigenvalue weighted by Gasteiger charge is 2.33. The summed E-state index contributed by atoms with van der Waals surface area (Å²) >= 11 is 0. The van der Waals surface area contributed by atoms with Gasteiger partial charge in [-0.25, -0.2) is 0 Å². The van der Waals surface area contributed by atoms with E-state index in [9.17, 15) is 0 Å². The molecular weight excluding hydrogens is 1040 g/mol. The van der Waals surface area contributed by atoms with Crippen molar-refractivity contribution in [3.63, 3.8) is 0 Å². The van der Waals surface area contributed by atoms with Gasteiger partial charge in [0, 0.05) is 99.9 Å². The van der Waals surface area contributed by atoms with Gasteiger partial charge in [0.1, 0.15) is 33.5 Å². The summed E-state index contributed by atoms with van der Waals surface area (Å²) in [6, 6.07) is 79.9. The first kappa shape index (κ1) is 48.1. The van der Waals surface area contributed by atoms with E-state index in [4.69, 9.17) is 13.3 Å². The number of fused-ring (bicyclic) bond motifs is 18. The number of benzene rings is 12. The minimum absolute atomic E-state index is 0.118. The number of furan rings is 3. The van der Waals surface area contributed by atoms with Crippen LogP contribution >= 0.6 is 0 Å². The minimum atomic E-state index is -0.118. The summed E-state index contributed by atoms with van der Waals surface area (Å²) in [5.41, 5.74) is 27.0. The van der Waals surface area contributed by atoms with Crippen molar-refractivity contribution in [2.45, 2.75) is 41.5 Å². The van der Waals surface area contributed by atoms with Crippen LogP contribution < -0.4 is 16.4 Å². The molecule has 0 N–H and O–H groups in total. The molecule has 0 atom stereocenters. The van der Waals surface area contributed by atoms with Gasteiger partial charge in [-0.15, -0.1) is 0 Å². The summed E-state index contributed by atoms with van der Waals surface area (Å²) in [5.74, 6) is 0. The predicted octanol–water partition coefficient (Wildman–Crippen LogP) is 19.0. The monoisotopic (exact) mass is 1090 g/mol. The molecule has 85 heavy (non-hydrogen) atoms. The van der Waals surface area contributed by atoms with E-state index in [0.717, 1.165) is 99.4 Å². The summed E-state index contributed by atoms with van der Waals surface area (Å²) in [5, 5.41) is 14.1. The zero-order valence-corrected chi connectivity index (χ0v) is 47.9. The molecule has 0 spiro atoms. The van der Waals surface area contributed by atoms with E-state index in [1.807, 2.05) is 18.2 Å². The Kier molecular flexibility index (Phi) is 9.91. The third-order valence-electron chi connectivity index (χ3n) is 18.9. The topological polar surface area (TPSA) is 54.2 Å². The van der Waals surface area contributed by atoms with E-state index in [-0.39, 0.29) is 6.71 Å². The van der Waals surface area contributed by atoms with Gasteiger partial charge in [-0.1, -0.05) is 159 Å². The molecule has 0 saturated heterocycles. The number of para-hydroxylation sites is 6. The molecule has 7 heteroatoms. The van der Waals surface area contributed by atoms with Gasteiger partial charge in [0.25, 0.3) is 0 Å². The lowest BCUT2D eigenvalue weighted by Crippen LogP contribution is -2.57. The molecule has 18 rings (SSSR count). The third-order valence-corrected chi connectivity index (χ3v) is 18.9. The molecule has 0 saturated carbocycles. The molecule has 6 aromatic heterocycles. The second kappa shape index (κ2) is 17.5. The average molecular weight is 1090 g/mol. The molecule has 0 amide bonds. The normalized spacial score (nSPS) is 12.4. The molecule has 18 aromatic rings. The highest BCUT2D eigenvalue weighted by atomic mass is 16.3. The van der Waals surface area contributed by atoms with Crippen molar-refractivity contribution in [1.82, 2.24) is 13.7 Å². The summed E-state index contributed by atoms with van der Waals surface area (Å²) in [7, 11) is 0. The molecule has 6 nitrogen and oxygen atoms in total. The van der Waals surface area contributed by atoms with Gasteiger partial charge >= 0.3 is 0 Å². The van der Waals surface area contributed by atoms with Crippen LogP contribution in [0.4, 0.5) is 0 Å². The van der Waals surface area contributed by atoms with Gasteiger partial charge in [-0.3, -0.25) is 0 Å². The SMILES string of the molecule is Cc1cc(-n2c3ccccc3c3cc4c(cc32)oc2ccccc24)cc(C)c1B(c1c(C)cc(-n2c3ccccc3c3cc4c(cc32)oc2ccccc24)cc1C)c1c(C)cc(-n2c3ccccc3c3cc4c(cc32)oc2ccccc24)cc1C. The third kappa shape index (κ3) is 6.78. The lowest BCUT2D eigenvalue weighted by Gasteiger charge is -2.28. The molecule has 0 aliphatic rings. The lowest BCUT2D eigenvalue weighted by molar-refractivity contribution is 0.669. The van der Waals surface area contributed by atoms with Crippen LogP contribution in [0.25, 0.3) is 148 Å². The standard InChI is InChI=1S/C78H54BN3O3/c1-43-31-49(80-64-25-13-7-19-52(64)58-37-61-55-22-10-16-28-70(55)83-73(61)40-67(58)80)32-44(2)76(43)79(77-45(3)33-50(34-46(77)4)81-65-26-14-8-20-53(65)59-38-62-56-23-11-17-29-71(56)84-74(62)41-68(59)81)78-47(5)35-51(36-48(78)6)82-66-27-15-9-21-54(66)60-39-63-57-24-12-18-30-72(57)85-75(63)42-69(60)82/h7-42H,1-6H3. The Morgan fingerprint density at radius 1 is 0.224 bits per heavy atom. The Balaban J connectivity index is 0.857. The summed E-state index contributed by atoms with van der Waals surface area (Å²) in [4.78, 5) is 0. The number of rotatable bonds is 6. The molecule has 0 aliphatic carbocycles. The van der Waals surface area contributed by atoms with Crippen molar-refractivity contribution in [1.29, 1.82) is 0 Å². The maximum atomic E-state index is 6.57. The average Bonchev–Trinajstić information content (AvgIpc) is 2.05. The van der Waals surface area contributed by atoms with Gasteiger partial charge in [0.05, 0.1) is 33.1 Å². The number of aromatic nitrogens is 3. The Morgan fingerprint density at radius 3 is 0.753 bits per heavy atom. The summed E-state index contributed by atoms with van der Waals surface area (Å²) < 4.78 is 27.0. The predicted molar refractivity (Wildman–Crippen MR) is 357 cm³/mol. The molecule has 0 unspecified atom stereocenters. The maximum Gasteiger partial charge on any atom is 0.243 e. The van der Waals surface area contributed by atoms with E-state index < -0.39 is 0 Å². The fourth-order valence-corrected chi connectivity index (χ4v) is 15.4. The first-order chi connectivity index (χ1) is 41.6. The van der Waals surface area contributed by atoms with Crippen molar-refractivity contribution in [3.8, 4) is 17.1 Å². The smallest absolute Gasteiger partial charge is 0.243 e. The summed E-state index contributed by atoms with van der Waals surface area (Å²) in [6.07, 6.45) is 0. The Labute approximate surface area is 489 Å². The number of hydrogen-bond acceptors (Lipinski definition) is 3. The molecule has 6 heterocycles. The van der Waals surface area contributed by atoms with Crippen molar-refractivity contribution in [2.75, 3.05) is 0 Å². The fraction of sp³-hybridized carbons (Fsp3) is 0.0769. The zero-order valence-electron chi connectivity index (χ0n) is 47.9. The molecule has 0 radical (unpaired) electrons. The van der Waals surface area contributed by atoms with Crippen molar-refractivity contribution >= 4 is 154 Å². The van der Waals surface area contributed by atoms with E-state index in [1.165, 1.54) is 98.6 Å². The van der Waals surface area contributed by atoms with Crippen molar-refractivity contribution in [2.24, 2.45) is 0 Å². The highest BCUT2D eigenvalue weighted by Crippen LogP contribution is 2.42. The first-order valence-corrected chi connectivity index (χ1v) is 29.5. The zero-order chi connectivity index (χ0) is 56.7. The molecule has 0 bridgehead atoms. The van der Waals surface area contributed by atoms with Crippen molar-refractivity contribution < 1.29 is 13.3 Å². The second-order valence-corrected chi connectivity index (χ2v) is 23.9. The van der Waals surface area contributed by atoms with Crippen LogP contribution in [0.15, 0.2) is 232 Å². The van der Waals surface area contributed by atoms with E-state index in [1.54, 1.807) is 0 Å². The fourth-order valence-electron chi connectivity index (χ4n) is 15.4. The molecule has 0 fully saturated rings. The van der Waals surface area contributed by atoms with Crippen LogP contribution in [-0.2, 0) is 0 Å². The molecule has 0 aliphatic heterocycles. The Bertz CT molecular complexity index is 5300. The van der Waals surface area contributed by atoms with Gasteiger partial charge < -0.3 is 27.0 Å². The van der Waals surface area contributed by atoms with Crippen LogP contribution in [0, 0.1) is 41.5 Å². The number of aryl methyl sites for hydroxylation is 6. The quantitative estimate of drug-likeness (QED) is 0.156. The Hall–Kier alpha value is -10.5. The first-order valence-electron chi connectivity index (χ1n) is 29.5. The van der Waals surface area contributed by atoms with Crippen LogP contribution in [-0.4, -0.2) is 20.4 Å². The van der Waals surface area contributed by atoms with E-state index in [2.05, 4.69) is 255 Å². The van der Waals surface area contributed by atoms with E-state index >= 15 is 0 Å².